The summed E-state index contributed by atoms with van der Waals surface area (Å²) in [6.45, 7) is 1.90. The summed E-state index contributed by atoms with van der Waals surface area (Å²) in [5.74, 6) is 2.15. The minimum atomic E-state index is 0.564. The number of methoxy groups -OCH3 is 1. The Morgan fingerprint density at radius 1 is 1.25 bits per heavy atom. The number of furan rings is 1. The molecule has 1 aromatic carbocycles. The molecule has 0 spiro atoms. The zero-order valence-electron chi connectivity index (χ0n) is 11.3. The normalized spacial score (nSPS) is 10.7. The first kappa shape index (κ1) is 12.3. The van der Waals surface area contributed by atoms with E-state index in [1.807, 2.05) is 43.3 Å². The summed E-state index contributed by atoms with van der Waals surface area (Å²) in [5, 5.41) is 4.53. The van der Waals surface area contributed by atoms with Crippen LogP contribution in [-0.4, -0.2) is 16.9 Å². The Labute approximate surface area is 116 Å². The minimum Gasteiger partial charge on any atom is -0.497 e. The van der Waals surface area contributed by atoms with Gasteiger partial charge in [-0.15, -0.1) is 0 Å². The van der Waals surface area contributed by atoms with Gasteiger partial charge in [-0.25, -0.2) is 4.68 Å². The van der Waals surface area contributed by atoms with Crippen molar-refractivity contribution >= 4 is 5.82 Å². The molecule has 0 aliphatic rings. The lowest BCUT2D eigenvalue weighted by Gasteiger charge is -2.05. The maximum Gasteiger partial charge on any atom is 0.127 e. The molecule has 5 heteroatoms. The van der Waals surface area contributed by atoms with Crippen LogP contribution in [0.15, 0.2) is 47.1 Å². The summed E-state index contributed by atoms with van der Waals surface area (Å²) in [7, 11) is 1.63. The number of hydrogen-bond acceptors (Lipinski definition) is 4. The summed E-state index contributed by atoms with van der Waals surface area (Å²) < 4.78 is 12.2. The highest BCUT2D eigenvalue weighted by Gasteiger charge is 2.12. The van der Waals surface area contributed by atoms with Gasteiger partial charge < -0.3 is 14.9 Å². The Morgan fingerprint density at radius 3 is 2.80 bits per heavy atom. The van der Waals surface area contributed by atoms with E-state index >= 15 is 0 Å². The first-order valence-corrected chi connectivity index (χ1v) is 6.23. The van der Waals surface area contributed by atoms with Gasteiger partial charge in [0.05, 0.1) is 24.8 Å². The lowest BCUT2D eigenvalue weighted by atomic mass is 10.2. The van der Waals surface area contributed by atoms with Gasteiger partial charge in [0.25, 0.3) is 0 Å². The van der Waals surface area contributed by atoms with Crippen molar-refractivity contribution in [3.05, 3.63) is 48.4 Å². The summed E-state index contributed by atoms with van der Waals surface area (Å²) >= 11 is 0. The van der Waals surface area contributed by atoms with Crippen LogP contribution in [0.5, 0.6) is 5.75 Å². The zero-order valence-corrected chi connectivity index (χ0v) is 11.3. The van der Waals surface area contributed by atoms with E-state index in [0.717, 1.165) is 28.5 Å². The van der Waals surface area contributed by atoms with E-state index in [2.05, 4.69) is 5.10 Å². The topological polar surface area (TPSA) is 66.2 Å². The molecule has 20 heavy (non-hydrogen) atoms. The predicted molar refractivity (Wildman–Crippen MR) is 77.0 cm³/mol. The number of rotatable bonds is 3. The monoisotopic (exact) mass is 269 g/mol. The van der Waals surface area contributed by atoms with Gasteiger partial charge in [-0.2, -0.15) is 5.10 Å². The highest BCUT2D eigenvalue weighted by molar-refractivity contribution is 5.65. The Kier molecular flexibility index (Phi) is 2.95. The van der Waals surface area contributed by atoms with Gasteiger partial charge >= 0.3 is 0 Å². The van der Waals surface area contributed by atoms with Crippen molar-refractivity contribution in [3.8, 4) is 22.7 Å². The van der Waals surface area contributed by atoms with Crippen molar-refractivity contribution in [1.82, 2.24) is 9.78 Å². The standard InChI is InChI=1S/C15H15N3O2/c1-10-13(6-7-20-10)14-9-15(16)18(17-14)11-4-3-5-12(8-11)19-2/h3-9H,16H2,1-2H3. The third kappa shape index (κ3) is 2.03. The largest absolute Gasteiger partial charge is 0.497 e. The number of nitrogens with zero attached hydrogens (tertiary/aromatic N) is 2. The molecule has 0 aliphatic carbocycles. The van der Waals surface area contributed by atoms with E-state index in [1.165, 1.54) is 0 Å². The van der Waals surface area contributed by atoms with Gasteiger partial charge in [-0.3, -0.25) is 0 Å². The zero-order chi connectivity index (χ0) is 14.1. The third-order valence-corrected chi connectivity index (χ3v) is 3.17. The number of aryl methyl sites for hydroxylation is 1. The number of hydrogen-bond donors (Lipinski definition) is 1. The van der Waals surface area contributed by atoms with Crippen molar-refractivity contribution in [2.24, 2.45) is 0 Å². The summed E-state index contributed by atoms with van der Waals surface area (Å²) in [5.41, 5.74) is 8.64. The third-order valence-electron chi connectivity index (χ3n) is 3.17. The Bertz CT molecular complexity index is 743. The van der Waals surface area contributed by atoms with E-state index < -0.39 is 0 Å². The van der Waals surface area contributed by atoms with Gasteiger partial charge in [0.2, 0.25) is 0 Å². The lowest BCUT2D eigenvalue weighted by molar-refractivity contribution is 0.414. The molecule has 2 aromatic heterocycles. The number of nitrogens with two attached hydrogens (primary N) is 1. The number of ether oxygens (including phenoxy) is 1. The fourth-order valence-corrected chi connectivity index (χ4v) is 2.13. The molecule has 2 N–H and O–H groups in total. The van der Waals surface area contributed by atoms with Crippen LogP contribution in [0.3, 0.4) is 0 Å². The second-order valence-corrected chi connectivity index (χ2v) is 4.46. The van der Waals surface area contributed by atoms with Crippen molar-refractivity contribution in [3.63, 3.8) is 0 Å². The maximum absolute atomic E-state index is 6.05. The summed E-state index contributed by atoms with van der Waals surface area (Å²) in [4.78, 5) is 0. The van der Waals surface area contributed by atoms with Crippen LogP contribution < -0.4 is 10.5 Å². The molecule has 102 valence electrons. The van der Waals surface area contributed by atoms with Crippen molar-refractivity contribution in [1.29, 1.82) is 0 Å². The van der Waals surface area contributed by atoms with Gasteiger partial charge in [-0.1, -0.05) is 6.07 Å². The Morgan fingerprint density at radius 2 is 2.10 bits per heavy atom. The summed E-state index contributed by atoms with van der Waals surface area (Å²) in [6.07, 6.45) is 1.64. The molecule has 0 amide bonds. The van der Waals surface area contributed by atoms with Crippen molar-refractivity contribution in [2.75, 3.05) is 12.8 Å². The lowest BCUT2D eigenvalue weighted by Crippen LogP contribution is -2.01. The van der Waals surface area contributed by atoms with Crippen LogP contribution in [-0.2, 0) is 0 Å². The van der Waals surface area contributed by atoms with Crippen LogP contribution >= 0.6 is 0 Å². The first-order valence-electron chi connectivity index (χ1n) is 6.23. The molecule has 0 aliphatic heterocycles. The SMILES string of the molecule is COc1cccc(-n2nc(-c3ccoc3C)cc2N)c1. The van der Waals surface area contributed by atoms with Crippen molar-refractivity contribution in [2.45, 2.75) is 6.92 Å². The molecular weight excluding hydrogens is 254 g/mol. The molecule has 2 heterocycles. The van der Waals surface area contributed by atoms with Gasteiger partial charge in [0, 0.05) is 17.7 Å². The van der Waals surface area contributed by atoms with Gasteiger partial charge in [-0.05, 0) is 25.1 Å². The molecule has 0 atom stereocenters. The molecule has 0 bridgehead atoms. The second-order valence-electron chi connectivity index (χ2n) is 4.46. The van der Waals surface area contributed by atoms with E-state index in [-0.39, 0.29) is 0 Å². The highest BCUT2D eigenvalue weighted by Crippen LogP contribution is 2.27. The van der Waals surface area contributed by atoms with Crippen molar-refractivity contribution < 1.29 is 9.15 Å². The van der Waals surface area contributed by atoms with Crippen LogP contribution in [0.2, 0.25) is 0 Å². The molecule has 0 saturated heterocycles. The summed E-state index contributed by atoms with van der Waals surface area (Å²) in [6, 6.07) is 11.3. The minimum absolute atomic E-state index is 0.564. The molecule has 0 unspecified atom stereocenters. The van der Waals surface area contributed by atoms with Crippen LogP contribution in [0.25, 0.3) is 16.9 Å². The molecular formula is C15H15N3O2. The number of aromatic nitrogens is 2. The molecule has 3 aromatic rings. The number of nitrogen functional groups attached to an aromatic ring is 1. The average molecular weight is 269 g/mol. The van der Waals surface area contributed by atoms with E-state index in [4.69, 9.17) is 14.9 Å². The molecule has 3 rings (SSSR count). The molecule has 0 fully saturated rings. The smallest absolute Gasteiger partial charge is 0.127 e. The van der Waals surface area contributed by atoms with E-state index in [0.29, 0.717) is 5.82 Å². The fraction of sp³-hybridized carbons (Fsp3) is 0.133. The molecule has 0 saturated carbocycles. The number of benzene rings is 1. The Hall–Kier alpha value is -2.69. The second kappa shape index (κ2) is 4.77. The van der Waals surface area contributed by atoms with E-state index in [9.17, 15) is 0 Å². The average Bonchev–Trinajstić information content (AvgIpc) is 3.04. The van der Waals surface area contributed by atoms with Crippen LogP contribution in [0, 0.1) is 6.92 Å². The molecule has 5 nitrogen and oxygen atoms in total. The fourth-order valence-electron chi connectivity index (χ4n) is 2.13. The first-order chi connectivity index (χ1) is 9.69. The van der Waals surface area contributed by atoms with Gasteiger partial charge in [0.15, 0.2) is 0 Å². The van der Waals surface area contributed by atoms with Crippen LogP contribution in [0.4, 0.5) is 5.82 Å². The number of anilines is 1. The Balaban J connectivity index is 2.07. The van der Waals surface area contributed by atoms with Crippen LogP contribution in [0.1, 0.15) is 5.76 Å². The highest BCUT2D eigenvalue weighted by atomic mass is 16.5. The predicted octanol–water partition coefficient (Wildman–Crippen LogP) is 3.03. The quantitative estimate of drug-likeness (QED) is 0.793. The molecule has 0 radical (unpaired) electrons. The maximum atomic E-state index is 6.05. The van der Waals surface area contributed by atoms with Gasteiger partial charge in [0.1, 0.15) is 17.3 Å². The van der Waals surface area contributed by atoms with E-state index in [1.54, 1.807) is 18.1 Å².